The highest BCUT2D eigenvalue weighted by Gasteiger charge is 2.37. The van der Waals surface area contributed by atoms with Crippen LogP contribution in [0.15, 0.2) is 54.7 Å². The summed E-state index contributed by atoms with van der Waals surface area (Å²) in [6.45, 7) is 4.04. The lowest BCUT2D eigenvalue weighted by Crippen LogP contribution is -2.37. The summed E-state index contributed by atoms with van der Waals surface area (Å²) in [7, 11) is 3.05. The van der Waals surface area contributed by atoms with Crippen molar-refractivity contribution in [1.82, 2.24) is 14.8 Å². The monoisotopic (exact) mass is 592 g/mol. The maximum absolute atomic E-state index is 13.7. The number of likely N-dealkylation sites (N-methyl/N-ethyl adjacent to an activating group) is 1. The first-order valence-corrected chi connectivity index (χ1v) is 13.1. The Morgan fingerprint density at radius 3 is 2.14 bits per heavy atom. The molecule has 6 nitrogen and oxygen atoms in total. The first-order valence-electron chi connectivity index (χ1n) is 13.1. The molecule has 1 aliphatic heterocycles. The quantitative estimate of drug-likeness (QED) is 0.310. The molecule has 42 heavy (non-hydrogen) atoms. The maximum atomic E-state index is 13.7. The number of alkyl halides is 6. The molecule has 1 aliphatic rings. The van der Waals surface area contributed by atoms with Crippen LogP contribution in [0.2, 0.25) is 0 Å². The number of hydrogen-bond donors (Lipinski definition) is 0. The van der Waals surface area contributed by atoms with Gasteiger partial charge in [0.05, 0.1) is 22.7 Å². The van der Waals surface area contributed by atoms with Crippen molar-refractivity contribution in [2.24, 2.45) is 0 Å². The van der Waals surface area contributed by atoms with Crippen LogP contribution in [0, 0.1) is 6.92 Å². The molecule has 0 bridgehead atoms. The molecule has 0 N–H and O–H groups in total. The lowest BCUT2D eigenvalue weighted by Gasteiger charge is -2.25. The molecule has 1 atom stereocenters. The molecular weight excluding hydrogens is 562 g/mol. The van der Waals surface area contributed by atoms with E-state index in [-0.39, 0.29) is 29.1 Å². The van der Waals surface area contributed by atoms with Gasteiger partial charge in [-0.2, -0.15) is 26.3 Å². The number of hydrogen-bond acceptors (Lipinski definition) is 4. The second-order valence-corrected chi connectivity index (χ2v) is 10.5. The summed E-state index contributed by atoms with van der Waals surface area (Å²) in [6, 6.07) is 10.4. The summed E-state index contributed by atoms with van der Waals surface area (Å²) in [5.74, 6) is -0.0870. The van der Waals surface area contributed by atoms with E-state index in [0.29, 0.717) is 36.6 Å². The molecule has 0 saturated carbocycles. The Kier molecular flexibility index (Phi) is 8.56. The second kappa shape index (κ2) is 11.7. The Balaban J connectivity index is 1.69. The zero-order valence-electron chi connectivity index (χ0n) is 23.5. The molecule has 4 rings (SSSR count). The molecule has 0 radical (unpaired) electrons. The van der Waals surface area contributed by atoms with Gasteiger partial charge in [0.2, 0.25) is 5.91 Å². The number of carbonyl (C=O) groups excluding carboxylic acids is 2. The number of benzene rings is 2. The molecule has 1 fully saturated rings. The third-order valence-corrected chi connectivity index (χ3v) is 7.50. The van der Waals surface area contributed by atoms with Crippen molar-refractivity contribution >= 4 is 17.6 Å². The summed E-state index contributed by atoms with van der Waals surface area (Å²) in [4.78, 5) is 34.7. The van der Waals surface area contributed by atoms with Gasteiger partial charge in [-0.25, -0.2) is 4.98 Å². The first kappa shape index (κ1) is 30.9. The number of halogens is 6. The number of amides is 2. The molecule has 1 saturated heterocycles. The molecule has 224 valence electrons. The third kappa shape index (κ3) is 6.69. The number of nitrogens with zero attached hydrogens (tertiary/aromatic N) is 4. The summed E-state index contributed by atoms with van der Waals surface area (Å²) in [6.07, 6.45) is -7.88. The van der Waals surface area contributed by atoms with Gasteiger partial charge in [-0.15, -0.1) is 0 Å². The van der Waals surface area contributed by atoms with Gasteiger partial charge in [0.25, 0.3) is 5.91 Å². The Labute approximate surface area is 239 Å². The van der Waals surface area contributed by atoms with Crippen LogP contribution in [0.4, 0.5) is 32.2 Å². The Bertz CT molecular complexity index is 1460. The predicted octanol–water partition coefficient (Wildman–Crippen LogP) is 6.42. The van der Waals surface area contributed by atoms with E-state index in [1.807, 2.05) is 30.0 Å². The standard InChI is InChI=1S/C30H30F6N4O2/c1-18-7-5-6-8-24(18)25-14-27(40-10-9-23(17-40)39(4)19(2)41)37-15-26(25)28(42)38(3)16-20-11-21(29(31,32)33)13-22(12-20)30(34,35)36/h5-8,11-15,23H,9-10,16-17H2,1-4H3/t23-/m1/s1. The SMILES string of the molecule is CC(=O)N(C)[C@@H]1CCN(c2cc(-c3ccccc3C)c(C(=O)N(C)Cc3cc(C(F)(F)F)cc(C(F)(F)F)c3)cn2)C1. The van der Waals surface area contributed by atoms with Crippen LogP contribution in [0.5, 0.6) is 0 Å². The van der Waals surface area contributed by atoms with Gasteiger partial charge in [0, 0.05) is 46.9 Å². The fraction of sp³-hybridized carbons (Fsp3) is 0.367. The smallest absolute Gasteiger partial charge is 0.354 e. The normalized spacial score (nSPS) is 15.6. The Hall–Kier alpha value is -4.09. The fourth-order valence-corrected chi connectivity index (χ4v) is 5.07. The van der Waals surface area contributed by atoms with Gasteiger partial charge in [-0.05, 0) is 59.9 Å². The van der Waals surface area contributed by atoms with Crippen LogP contribution in [-0.2, 0) is 23.7 Å². The van der Waals surface area contributed by atoms with Crippen LogP contribution in [-0.4, -0.2) is 59.8 Å². The van der Waals surface area contributed by atoms with Gasteiger partial charge < -0.3 is 14.7 Å². The van der Waals surface area contributed by atoms with Crippen molar-refractivity contribution in [3.63, 3.8) is 0 Å². The zero-order chi connectivity index (χ0) is 31.0. The van der Waals surface area contributed by atoms with E-state index in [2.05, 4.69) is 4.98 Å². The van der Waals surface area contributed by atoms with E-state index in [4.69, 9.17) is 0 Å². The topological polar surface area (TPSA) is 56.8 Å². The van der Waals surface area contributed by atoms with Crippen LogP contribution in [0.25, 0.3) is 11.1 Å². The molecule has 0 unspecified atom stereocenters. The van der Waals surface area contributed by atoms with E-state index >= 15 is 0 Å². The molecule has 2 aromatic carbocycles. The van der Waals surface area contributed by atoms with Crippen molar-refractivity contribution in [1.29, 1.82) is 0 Å². The van der Waals surface area contributed by atoms with E-state index in [1.165, 1.54) is 20.2 Å². The molecule has 0 spiro atoms. The largest absolute Gasteiger partial charge is 0.416 e. The minimum Gasteiger partial charge on any atom is -0.354 e. The lowest BCUT2D eigenvalue weighted by atomic mass is 9.96. The molecule has 1 aromatic heterocycles. The van der Waals surface area contributed by atoms with Crippen LogP contribution >= 0.6 is 0 Å². The van der Waals surface area contributed by atoms with Crippen molar-refractivity contribution in [3.05, 3.63) is 82.5 Å². The van der Waals surface area contributed by atoms with E-state index in [9.17, 15) is 35.9 Å². The summed E-state index contributed by atoms with van der Waals surface area (Å²) < 4.78 is 80.2. The number of pyridine rings is 1. The van der Waals surface area contributed by atoms with Crippen LogP contribution in [0.3, 0.4) is 0 Å². The van der Waals surface area contributed by atoms with Crippen molar-refractivity contribution < 1.29 is 35.9 Å². The average molecular weight is 593 g/mol. The van der Waals surface area contributed by atoms with Crippen molar-refractivity contribution in [2.75, 3.05) is 32.1 Å². The zero-order valence-corrected chi connectivity index (χ0v) is 23.5. The molecule has 3 aromatic rings. The van der Waals surface area contributed by atoms with Gasteiger partial charge in [0.15, 0.2) is 0 Å². The van der Waals surface area contributed by atoms with Crippen molar-refractivity contribution in [3.8, 4) is 11.1 Å². The van der Waals surface area contributed by atoms with Gasteiger partial charge >= 0.3 is 12.4 Å². The third-order valence-electron chi connectivity index (χ3n) is 7.50. The minimum absolute atomic E-state index is 0.00676. The molecule has 2 amide bonds. The van der Waals surface area contributed by atoms with E-state index in [1.54, 1.807) is 24.1 Å². The highest BCUT2D eigenvalue weighted by Crippen LogP contribution is 2.37. The minimum atomic E-state index is -5.00. The lowest BCUT2D eigenvalue weighted by molar-refractivity contribution is -0.143. The predicted molar refractivity (Wildman–Crippen MR) is 146 cm³/mol. The average Bonchev–Trinajstić information content (AvgIpc) is 3.41. The summed E-state index contributed by atoms with van der Waals surface area (Å²) in [5, 5.41) is 0. The summed E-state index contributed by atoms with van der Waals surface area (Å²) in [5.41, 5.74) is -0.943. The first-order chi connectivity index (χ1) is 19.6. The fourth-order valence-electron chi connectivity index (χ4n) is 5.07. The highest BCUT2D eigenvalue weighted by molar-refractivity contribution is 6.01. The van der Waals surface area contributed by atoms with Gasteiger partial charge in [-0.3, -0.25) is 9.59 Å². The van der Waals surface area contributed by atoms with E-state index in [0.717, 1.165) is 22.4 Å². The van der Waals surface area contributed by atoms with Gasteiger partial charge in [-0.1, -0.05) is 24.3 Å². The number of rotatable bonds is 6. The van der Waals surface area contributed by atoms with Crippen LogP contribution in [0.1, 0.15) is 46.0 Å². The number of aromatic nitrogens is 1. The number of aryl methyl sites for hydroxylation is 1. The number of anilines is 1. The van der Waals surface area contributed by atoms with E-state index < -0.39 is 35.9 Å². The molecule has 12 heteroatoms. The maximum Gasteiger partial charge on any atom is 0.416 e. The number of carbonyl (C=O) groups is 2. The second-order valence-electron chi connectivity index (χ2n) is 10.5. The highest BCUT2D eigenvalue weighted by atomic mass is 19.4. The van der Waals surface area contributed by atoms with Gasteiger partial charge in [0.1, 0.15) is 5.82 Å². The Morgan fingerprint density at radius 1 is 0.952 bits per heavy atom. The molecule has 0 aliphatic carbocycles. The molecule has 2 heterocycles. The molecular formula is C30H30F6N4O2. The van der Waals surface area contributed by atoms with Crippen molar-refractivity contribution in [2.45, 2.75) is 45.2 Å². The summed E-state index contributed by atoms with van der Waals surface area (Å²) >= 11 is 0. The Morgan fingerprint density at radius 2 is 1.57 bits per heavy atom. The van der Waals surface area contributed by atoms with Crippen LogP contribution < -0.4 is 4.90 Å².